The molecule has 134 valence electrons. The van der Waals surface area contributed by atoms with Crippen molar-refractivity contribution in [3.05, 3.63) is 65.1 Å². The number of carbonyl (C=O) groups excluding carboxylic acids is 1. The molecule has 1 N–H and O–H groups in total. The lowest BCUT2D eigenvalue weighted by atomic mass is 10.1. The van der Waals surface area contributed by atoms with Gasteiger partial charge in [0.1, 0.15) is 0 Å². The van der Waals surface area contributed by atoms with Crippen molar-refractivity contribution in [2.75, 3.05) is 14.2 Å². The van der Waals surface area contributed by atoms with Crippen molar-refractivity contribution in [1.82, 2.24) is 10.3 Å². The number of hydrogen-bond donors (Lipinski definition) is 1. The van der Waals surface area contributed by atoms with Crippen molar-refractivity contribution in [2.45, 2.75) is 6.54 Å². The first-order chi connectivity index (χ1) is 12.6. The summed E-state index contributed by atoms with van der Waals surface area (Å²) in [5, 5.41) is 3.38. The van der Waals surface area contributed by atoms with Gasteiger partial charge in [-0.25, -0.2) is 4.98 Å². The Balaban J connectivity index is 1.75. The molecular formula is C19H17ClN2O4. The highest BCUT2D eigenvalue weighted by atomic mass is 35.5. The van der Waals surface area contributed by atoms with E-state index in [2.05, 4.69) is 10.3 Å². The number of benzene rings is 2. The summed E-state index contributed by atoms with van der Waals surface area (Å²) >= 11 is 6.00. The van der Waals surface area contributed by atoms with Crippen LogP contribution in [0.25, 0.3) is 11.3 Å². The van der Waals surface area contributed by atoms with Crippen molar-refractivity contribution in [1.29, 1.82) is 0 Å². The van der Waals surface area contributed by atoms with Crippen molar-refractivity contribution in [2.24, 2.45) is 0 Å². The maximum Gasteiger partial charge on any atom is 0.274 e. The zero-order valence-corrected chi connectivity index (χ0v) is 15.0. The molecule has 0 aliphatic rings. The summed E-state index contributed by atoms with van der Waals surface area (Å²) < 4.78 is 15.8. The van der Waals surface area contributed by atoms with Crippen molar-refractivity contribution >= 4 is 17.5 Å². The van der Waals surface area contributed by atoms with E-state index in [1.54, 1.807) is 50.6 Å². The van der Waals surface area contributed by atoms with Gasteiger partial charge in [-0.15, -0.1) is 0 Å². The molecular weight excluding hydrogens is 356 g/mol. The van der Waals surface area contributed by atoms with Crippen molar-refractivity contribution in [3.8, 4) is 22.8 Å². The standard InChI is InChI=1S/C19H17ClN2O4/c1-24-15-7-6-12(8-16(15)25-2)10-21-19(23)17-18(26-11-22-17)13-4-3-5-14(20)9-13/h3-9,11H,10H2,1-2H3,(H,21,23). The third-order valence-electron chi connectivity index (χ3n) is 3.77. The van der Waals surface area contributed by atoms with Gasteiger partial charge in [0.15, 0.2) is 29.3 Å². The van der Waals surface area contributed by atoms with Crippen LogP contribution >= 0.6 is 11.6 Å². The van der Waals surface area contributed by atoms with E-state index in [-0.39, 0.29) is 11.6 Å². The Morgan fingerprint density at radius 3 is 2.69 bits per heavy atom. The maximum atomic E-state index is 12.5. The Kier molecular flexibility index (Phi) is 5.43. The van der Waals surface area contributed by atoms with Crippen LogP contribution in [0.4, 0.5) is 0 Å². The van der Waals surface area contributed by atoms with Crippen LogP contribution in [0.15, 0.2) is 53.3 Å². The second-order valence-electron chi connectivity index (χ2n) is 5.41. The number of methoxy groups -OCH3 is 2. The van der Waals surface area contributed by atoms with Crippen LogP contribution in [0.1, 0.15) is 16.1 Å². The number of halogens is 1. The Labute approximate surface area is 155 Å². The molecule has 6 nitrogen and oxygen atoms in total. The van der Waals surface area contributed by atoms with Gasteiger partial charge in [0.05, 0.1) is 14.2 Å². The normalized spacial score (nSPS) is 10.4. The van der Waals surface area contributed by atoms with Gasteiger partial charge in [-0.1, -0.05) is 29.8 Å². The molecule has 1 heterocycles. The predicted octanol–water partition coefficient (Wildman–Crippen LogP) is 3.94. The zero-order valence-electron chi connectivity index (χ0n) is 14.3. The highest BCUT2D eigenvalue weighted by Crippen LogP contribution is 2.28. The quantitative estimate of drug-likeness (QED) is 0.709. The molecule has 0 unspecified atom stereocenters. The first kappa shape index (κ1) is 17.8. The Morgan fingerprint density at radius 1 is 1.15 bits per heavy atom. The molecule has 1 aromatic heterocycles. The van der Waals surface area contributed by atoms with Crippen LogP contribution in [0.3, 0.4) is 0 Å². The molecule has 1 amide bonds. The van der Waals surface area contributed by atoms with E-state index in [1.165, 1.54) is 6.39 Å². The lowest BCUT2D eigenvalue weighted by Gasteiger charge is -2.10. The molecule has 26 heavy (non-hydrogen) atoms. The Hall–Kier alpha value is -2.99. The molecule has 7 heteroatoms. The van der Waals surface area contributed by atoms with Gasteiger partial charge in [-0.3, -0.25) is 4.79 Å². The molecule has 0 aliphatic heterocycles. The smallest absolute Gasteiger partial charge is 0.274 e. The Morgan fingerprint density at radius 2 is 1.96 bits per heavy atom. The average molecular weight is 373 g/mol. The lowest BCUT2D eigenvalue weighted by molar-refractivity contribution is 0.0946. The largest absolute Gasteiger partial charge is 0.493 e. The predicted molar refractivity (Wildman–Crippen MR) is 97.7 cm³/mol. The highest BCUT2D eigenvalue weighted by Gasteiger charge is 2.18. The van der Waals surface area contributed by atoms with Gasteiger partial charge < -0.3 is 19.2 Å². The molecule has 3 rings (SSSR count). The van der Waals surface area contributed by atoms with E-state index in [4.69, 9.17) is 25.5 Å². The van der Waals surface area contributed by atoms with Gasteiger partial charge in [-0.2, -0.15) is 0 Å². The number of oxazole rings is 1. The van der Waals surface area contributed by atoms with Crippen LogP contribution in [-0.2, 0) is 6.54 Å². The average Bonchev–Trinajstić information content (AvgIpc) is 3.15. The topological polar surface area (TPSA) is 73.6 Å². The highest BCUT2D eigenvalue weighted by molar-refractivity contribution is 6.30. The van der Waals surface area contributed by atoms with E-state index in [9.17, 15) is 4.79 Å². The fraction of sp³-hybridized carbons (Fsp3) is 0.158. The van der Waals surface area contributed by atoms with Crippen LogP contribution in [0.2, 0.25) is 5.02 Å². The molecule has 0 radical (unpaired) electrons. The number of amides is 1. The van der Waals surface area contributed by atoms with Gasteiger partial charge >= 0.3 is 0 Å². The number of nitrogens with zero attached hydrogens (tertiary/aromatic N) is 1. The first-order valence-corrected chi connectivity index (χ1v) is 8.18. The number of carbonyl (C=O) groups is 1. The fourth-order valence-electron chi connectivity index (χ4n) is 2.50. The first-order valence-electron chi connectivity index (χ1n) is 7.81. The summed E-state index contributed by atoms with van der Waals surface area (Å²) in [7, 11) is 3.13. The molecule has 0 fully saturated rings. The summed E-state index contributed by atoms with van der Waals surface area (Å²) in [5.74, 6) is 1.25. The summed E-state index contributed by atoms with van der Waals surface area (Å²) in [5.41, 5.74) is 1.75. The molecule has 3 aromatic rings. The van der Waals surface area contributed by atoms with Crippen molar-refractivity contribution in [3.63, 3.8) is 0 Å². The minimum atomic E-state index is -0.344. The molecule has 0 atom stereocenters. The number of ether oxygens (including phenoxy) is 2. The van der Waals surface area contributed by atoms with Crippen LogP contribution < -0.4 is 14.8 Å². The van der Waals surface area contributed by atoms with E-state index in [1.807, 2.05) is 6.07 Å². The third kappa shape index (κ3) is 3.81. The minimum absolute atomic E-state index is 0.202. The maximum absolute atomic E-state index is 12.5. The second-order valence-corrected chi connectivity index (χ2v) is 5.85. The third-order valence-corrected chi connectivity index (χ3v) is 4.01. The zero-order chi connectivity index (χ0) is 18.5. The summed E-state index contributed by atoms with van der Waals surface area (Å²) in [6, 6.07) is 12.5. The fourth-order valence-corrected chi connectivity index (χ4v) is 2.69. The van der Waals surface area contributed by atoms with Crippen LogP contribution in [0.5, 0.6) is 11.5 Å². The van der Waals surface area contributed by atoms with Crippen molar-refractivity contribution < 1.29 is 18.7 Å². The van der Waals surface area contributed by atoms with E-state index in [0.29, 0.717) is 34.4 Å². The molecule has 0 aliphatic carbocycles. The number of hydrogen-bond acceptors (Lipinski definition) is 5. The number of rotatable bonds is 6. The SMILES string of the molecule is COc1ccc(CNC(=O)c2ncoc2-c2cccc(Cl)c2)cc1OC. The second kappa shape index (κ2) is 7.93. The number of nitrogens with one attached hydrogen (secondary N) is 1. The molecule has 0 spiro atoms. The van der Waals surface area contributed by atoms with E-state index >= 15 is 0 Å². The van der Waals surface area contributed by atoms with Crippen LogP contribution in [-0.4, -0.2) is 25.1 Å². The van der Waals surface area contributed by atoms with Crippen LogP contribution in [0, 0.1) is 0 Å². The van der Waals surface area contributed by atoms with Gasteiger partial charge in [0.25, 0.3) is 5.91 Å². The van der Waals surface area contributed by atoms with E-state index in [0.717, 1.165) is 5.56 Å². The molecule has 0 saturated heterocycles. The molecule has 0 saturated carbocycles. The number of aromatic nitrogens is 1. The van der Waals surface area contributed by atoms with Gasteiger partial charge in [0.2, 0.25) is 0 Å². The lowest BCUT2D eigenvalue weighted by Crippen LogP contribution is -2.23. The van der Waals surface area contributed by atoms with Gasteiger partial charge in [-0.05, 0) is 29.8 Å². The summed E-state index contributed by atoms with van der Waals surface area (Å²) in [4.78, 5) is 16.5. The van der Waals surface area contributed by atoms with E-state index < -0.39 is 0 Å². The minimum Gasteiger partial charge on any atom is -0.493 e. The summed E-state index contributed by atoms with van der Waals surface area (Å²) in [6.07, 6.45) is 1.24. The molecule has 2 aromatic carbocycles. The molecule has 0 bridgehead atoms. The van der Waals surface area contributed by atoms with Gasteiger partial charge in [0, 0.05) is 17.1 Å². The summed E-state index contributed by atoms with van der Waals surface area (Å²) in [6.45, 7) is 0.307. The Bertz CT molecular complexity index is 923. The monoisotopic (exact) mass is 372 g/mol.